The first-order chi connectivity index (χ1) is 9.45. The van der Waals surface area contributed by atoms with Gasteiger partial charge in [0.25, 0.3) is 0 Å². The summed E-state index contributed by atoms with van der Waals surface area (Å²) in [5, 5.41) is 11.8. The second-order valence-corrected chi connectivity index (χ2v) is 6.01. The number of aliphatic carboxylic acids is 1. The smallest absolute Gasteiger partial charge is 0.326 e. The number of hydrogen-bond acceptors (Lipinski definition) is 2. The van der Waals surface area contributed by atoms with Gasteiger partial charge in [-0.25, -0.2) is 9.59 Å². The summed E-state index contributed by atoms with van der Waals surface area (Å²) in [6.45, 7) is 4.25. The number of carboxylic acid groups (broad SMARTS) is 1. The van der Waals surface area contributed by atoms with Crippen molar-refractivity contribution in [1.29, 1.82) is 0 Å². The molecule has 1 saturated carbocycles. The highest BCUT2D eigenvalue weighted by Gasteiger charge is 2.27. The molecule has 5 nitrogen and oxygen atoms in total. The van der Waals surface area contributed by atoms with Gasteiger partial charge in [0.15, 0.2) is 0 Å². The van der Waals surface area contributed by atoms with Crippen molar-refractivity contribution in [1.82, 2.24) is 10.2 Å². The van der Waals surface area contributed by atoms with Gasteiger partial charge in [-0.15, -0.1) is 0 Å². The highest BCUT2D eigenvalue weighted by atomic mass is 16.4. The lowest BCUT2D eigenvalue weighted by atomic mass is 9.87. The van der Waals surface area contributed by atoms with Crippen molar-refractivity contribution in [3.63, 3.8) is 0 Å². The summed E-state index contributed by atoms with van der Waals surface area (Å²) in [6, 6.07) is -0.785. The standard InChI is InChI=1S/C15H28N2O3/c1-4-5-6-13(14(18)19)16-15(20)17(3)12-9-7-11(2)8-10-12/h11-13H,4-10H2,1-3H3,(H,16,20)(H,18,19). The first-order valence-electron chi connectivity index (χ1n) is 7.71. The molecule has 0 aromatic carbocycles. The van der Waals surface area contributed by atoms with Gasteiger partial charge < -0.3 is 15.3 Å². The molecule has 1 unspecified atom stereocenters. The Balaban J connectivity index is 2.48. The van der Waals surface area contributed by atoms with Gasteiger partial charge in [-0.05, 0) is 38.0 Å². The van der Waals surface area contributed by atoms with Gasteiger partial charge in [0, 0.05) is 13.1 Å². The number of hydrogen-bond donors (Lipinski definition) is 2. The van der Waals surface area contributed by atoms with Gasteiger partial charge in [0.2, 0.25) is 0 Å². The normalized spacial score (nSPS) is 23.9. The molecule has 2 amide bonds. The molecular formula is C15H28N2O3. The molecule has 0 saturated heterocycles. The molecule has 20 heavy (non-hydrogen) atoms. The second kappa shape index (κ2) is 8.12. The Kier molecular flexibility index (Phi) is 6.82. The van der Waals surface area contributed by atoms with Crippen LogP contribution in [0.4, 0.5) is 4.79 Å². The number of carbonyl (C=O) groups is 2. The van der Waals surface area contributed by atoms with E-state index in [1.807, 2.05) is 6.92 Å². The van der Waals surface area contributed by atoms with Crippen LogP contribution in [0.3, 0.4) is 0 Å². The minimum atomic E-state index is -0.947. The summed E-state index contributed by atoms with van der Waals surface area (Å²) in [5.41, 5.74) is 0. The van der Waals surface area contributed by atoms with E-state index < -0.39 is 12.0 Å². The van der Waals surface area contributed by atoms with Crippen LogP contribution in [-0.4, -0.2) is 41.1 Å². The Bertz CT molecular complexity index is 325. The number of carboxylic acids is 1. The van der Waals surface area contributed by atoms with Crippen LogP contribution >= 0.6 is 0 Å². The van der Waals surface area contributed by atoms with Crippen molar-refractivity contribution in [3.8, 4) is 0 Å². The van der Waals surface area contributed by atoms with Crippen LogP contribution in [0, 0.1) is 5.92 Å². The molecule has 1 aliphatic rings. The molecule has 1 fully saturated rings. The second-order valence-electron chi connectivity index (χ2n) is 6.01. The fourth-order valence-electron chi connectivity index (χ4n) is 2.71. The monoisotopic (exact) mass is 284 g/mol. The van der Waals surface area contributed by atoms with Crippen molar-refractivity contribution < 1.29 is 14.7 Å². The van der Waals surface area contributed by atoms with Crippen molar-refractivity contribution in [2.24, 2.45) is 5.92 Å². The largest absolute Gasteiger partial charge is 0.480 e. The van der Waals surface area contributed by atoms with Gasteiger partial charge in [0.05, 0.1) is 0 Å². The maximum Gasteiger partial charge on any atom is 0.326 e. The fourth-order valence-corrected chi connectivity index (χ4v) is 2.71. The number of nitrogens with one attached hydrogen (secondary N) is 1. The van der Waals surface area contributed by atoms with E-state index in [2.05, 4.69) is 12.2 Å². The predicted octanol–water partition coefficient (Wildman–Crippen LogP) is 2.85. The molecule has 0 aliphatic heterocycles. The summed E-state index contributed by atoms with van der Waals surface area (Å²) in [4.78, 5) is 25.0. The molecule has 0 aromatic heterocycles. The average molecular weight is 284 g/mol. The maximum atomic E-state index is 12.2. The lowest BCUT2D eigenvalue weighted by Crippen LogP contribution is -2.50. The number of amides is 2. The van der Waals surface area contributed by atoms with Crippen molar-refractivity contribution >= 4 is 12.0 Å². The number of carbonyl (C=O) groups excluding carboxylic acids is 1. The lowest BCUT2D eigenvalue weighted by molar-refractivity contribution is -0.139. The topological polar surface area (TPSA) is 69.6 Å². The Hall–Kier alpha value is -1.26. The molecule has 0 aromatic rings. The molecule has 116 valence electrons. The van der Waals surface area contributed by atoms with Crippen molar-refractivity contribution in [2.75, 3.05) is 7.05 Å². The van der Waals surface area contributed by atoms with E-state index in [1.165, 1.54) is 0 Å². The molecular weight excluding hydrogens is 256 g/mol. The van der Waals surface area contributed by atoms with Gasteiger partial charge in [-0.1, -0.05) is 26.7 Å². The Morgan fingerprint density at radius 1 is 1.30 bits per heavy atom. The summed E-state index contributed by atoms with van der Waals surface area (Å²) < 4.78 is 0. The van der Waals surface area contributed by atoms with Crippen LogP contribution in [0.25, 0.3) is 0 Å². The predicted molar refractivity (Wildman–Crippen MR) is 78.7 cm³/mol. The number of nitrogens with zero attached hydrogens (tertiary/aromatic N) is 1. The lowest BCUT2D eigenvalue weighted by Gasteiger charge is -2.34. The van der Waals surface area contributed by atoms with E-state index in [-0.39, 0.29) is 12.1 Å². The third kappa shape index (κ3) is 5.02. The van der Waals surface area contributed by atoms with E-state index in [9.17, 15) is 9.59 Å². The van der Waals surface area contributed by atoms with Gasteiger partial charge in [-0.2, -0.15) is 0 Å². The summed E-state index contributed by atoms with van der Waals surface area (Å²) >= 11 is 0. The number of unbranched alkanes of at least 4 members (excludes halogenated alkanes) is 1. The van der Waals surface area contributed by atoms with Crippen molar-refractivity contribution in [2.45, 2.75) is 70.9 Å². The highest BCUT2D eigenvalue weighted by molar-refractivity contribution is 5.82. The Morgan fingerprint density at radius 2 is 1.90 bits per heavy atom. The van der Waals surface area contributed by atoms with Crippen LogP contribution in [0.1, 0.15) is 58.8 Å². The fraction of sp³-hybridized carbons (Fsp3) is 0.867. The first kappa shape index (κ1) is 16.8. The van der Waals surface area contributed by atoms with E-state index in [1.54, 1.807) is 11.9 Å². The minimum absolute atomic E-state index is 0.242. The maximum absolute atomic E-state index is 12.2. The molecule has 1 atom stereocenters. The van der Waals surface area contributed by atoms with Gasteiger partial charge in [0.1, 0.15) is 6.04 Å². The number of urea groups is 1. The quantitative estimate of drug-likeness (QED) is 0.788. The third-order valence-corrected chi connectivity index (χ3v) is 4.30. The van der Waals surface area contributed by atoms with Gasteiger partial charge >= 0.3 is 12.0 Å². The minimum Gasteiger partial charge on any atom is -0.480 e. The summed E-state index contributed by atoms with van der Waals surface area (Å²) in [7, 11) is 1.77. The summed E-state index contributed by atoms with van der Waals surface area (Å²) in [6.07, 6.45) is 6.53. The zero-order valence-electron chi connectivity index (χ0n) is 12.9. The first-order valence-corrected chi connectivity index (χ1v) is 7.71. The van der Waals surface area contributed by atoms with E-state index in [4.69, 9.17) is 5.11 Å². The van der Waals surface area contributed by atoms with E-state index in [0.717, 1.165) is 44.4 Å². The van der Waals surface area contributed by atoms with Crippen molar-refractivity contribution in [3.05, 3.63) is 0 Å². The zero-order valence-corrected chi connectivity index (χ0v) is 12.9. The van der Waals surface area contributed by atoms with E-state index >= 15 is 0 Å². The number of rotatable bonds is 6. The van der Waals surface area contributed by atoms with Crippen LogP contribution < -0.4 is 5.32 Å². The SMILES string of the molecule is CCCCC(NC(=O)N(C)C1CCC(C)CC1)C(=O)O. The van der Waals surface area contributed by atoms with Crippen LogP contribution in [0.15, 0.2) is 0 Å². The Morgan fingerprint density at radius 3 is 2.40 bits per heavy atom. The summed E-state index contributed by atoms with van der Waals surface area (Å²) in [5.74, 6) is -0.212. The Labute approximate surface area is 121 Å². The highest BCUT2D eigenvalue weighted by Crippen LogP contribution is 2.26. The van der Waals surface area contributed by atoms with Gasteiger partial charge in [-0.3, -0.25) is 0 Å². The molecule has 1 aliphatic carbocycles. The zero-order chi connectivity index (χ0) is 15.1. The molecule has 5 heteroatoms. The van der Waals surface area contributed by atoms with Crippen LogP contribution in [0.5, 0.6) is 0 Å². The molecule has 1 rings (SSSR count). The average Bonchev–Trinajstić information content (AvgIpc) is 2.42. The molecule has 0 radical (unpaired) electrons. The molecule has 0 heterocycles. The molecule has 2 N–H and O–H groups in total. The van der Waals surface area contributed by atoms with E-state index in [0.29, 0.717) is 6.42 Å². The molecule has 0 spiro atoms. The molecule has 0 bridgehead atoms. The third-order valence-electron chi connectivity index (χ3n) is 4.30. The van der Waals surface area contributed by atoms with Crippen LogP contribution in [-0.2, 0) is 4.79 Å². The van der Waals surface area contributed by atoms with Crippen LogP contribution in [0.2, 0.25) is 0 Å².